The van der Waals surface area contributed by atoms with Crippen molar-refractivity contribution in [1.29, 1.82) is 5.26 Å². The lowest BCUT2D eigenvalue weighted by atomic mass is 9.90. The molecule has 1 saturated carbocycles. The molecule has 0 spiro atoms. The molecule has 0 unspecified atom stereocenters. The third-order valence-corrected chi connectivity index (χ3v) is 6.36. The van der Waals surface area contributed by atoms with Gasteiger partial charge >= 0.3 is 0 Å². The number of nitrogens with zero attached hydrogens (tertiary/aromatic N) is 3. The summed E-state index contributed by atoms with van der Waals surface area (Å²) in [6.45, 7) is 3.75. The van der Waals surface area contributed by atoms with Crippen molar-refractivity contribution in [2.24, 2.45) is 5.73 Å². The molecule has 4 N–H and O–H groups in total. The normalized spacial score (nSPS) is 17.2. The van der Waals surface area contributed by atoms with Crippen LogP contribution in [0.4, 0.5) is 11.6 Å². The molecule has 6 heteroatoms. The average molecular weight is 405 g/mol. The summed E-state index contributed by atoms with van der Waals surface area (Å²) in [6, 6.07) is 13.3. The van der Waals surface area contributed by atoms with E-state index in [9.17, 15) is 5.26 Å². The van der Waals surface area contributed by atoms with E-state index in [0.29, 0.717) is 37.1 Å². The second-order valence-corrected chi connectivity index (χ2v) is 8.32. The number of fused-ring (bicyclic) bond motifs is 1. The molecular weight excluding hydrogens is 372 g/mol. The monoisotopic (exact) mass is 404 g/mol. The molecule has 1 aromatic heterocycles. The Kier molecular flexibility index (Phi) is 6.83. The highest BCUT2D eigenvalue weighted by atomic mass is 15.2. The molecule has 2 aliphatic rings. The first-order valence-electron chi connectivity index (χ1n) is 11.2. The van der Waals surface area contributed by atoms with E-state index in [1.54, 1.807) is 0 Å². The van der Waals surface area contributed by atoms with Gasteiger partial charge in [0, 0.05) is 44.3 Å². The molecule has 0 amide bonds. The molecule has 0 saturated heterocycles. The van der Waals surface area contributed by atoms with E-state index in [2.05, 4.69) is 33.7 Å². The number of nitrogens with one attached hydrogen (secondary N) is 2. The van der Waals surface area contributed by atoms with Gasteiger partial charge in [-0.1, -0.05) is 49.6 Å². The largest absolute Gasteiger partial charge is 0.368 e. The van der Waals surface area contributed by atoms with Crippen LogP contribution < -0.4 is 16.4 Å². The Hall–Kier alpha value is -2.62. The summed E-state index contributed by atoms with van der Waals surface area (Å²) in [7, 11) is 0. The molecule has 0 radical (unpaired) electrons. The van der Waals surface area contributed by atoms with Gasteiger partial charge in [-0.15, -0.1) is 0 Å². The molecule has 0 atom stereocenters. The van der Waals surface area contributed by atoms with Crippen LogP contribution >= 0.6 is 0 Å². The van der Waals surface area contributed by atoms with Crippen molar-refractivity contribution in [3.8, 4) is 6.07 Å². The molecule has 2 heterocycles. The Morgan fingerprint density at radius 1 is 1.07 bits per heavy atom. The van der Waals surface area contributed by atoms with E-state index < -0.39 is 0 Å². The summed E-state index contributed by atoms with van der Waals surface area (Å²) >= 11 is 0. The van der Waals surface area contributed by atoms with E-state index in [1.807, 2.05) is 18.2 Å². The number of nitriles is 1. The van der Waals surface area contributed by atoms with Gasteiger partial charge in [-0.3, -0.25) is 4.90 Å². The fraction of sp³-hybridized carbons (Fsp3) is 0.500. The molecule has 4 rings (SSSR count). The highest BCUT2D eigenvalue weighted by molar-refractivity contribution is 5.66. The molecule has 2 aromatic rings. The molecule has 1 aromatic carbocycles. The smallest absolute Gasteiger partial charge is 0.147 e. The van der Waals surface area contributed by atoms with Crippen LogP contribution in [0.5, 0.6) is 0 Å². The number of anilines is 2. The fourth-order valence-corrected chi connectivity index (χ4v) is 4.78. The Balaban J connectivity index is 1.64. The number of pyridine rings is 1. The van der Waals surface area contributed by atoms with Crippen molar-refractivity contribution in [1.82, 2.24) is 9.88 Å². The topological polar surface area (TPSA) is 90.0 Å². The lowest BCUT2D eigenvalue weighted by molar-refractivity contribution is 0.141. The van der Waals surface area contributed by atoms with E-state index >= 15 is 0 Å². The minimum absolute atomic E-state index is 0.553. The van der Waals surface area contributed by atoms with Gasteiger partial charge < -0.3 is 16.4 Å². The predicted molar refractivity (Wildman–Crippen MR) is 121 cm³/mol. The summed E-state index contributed by atoms with van der Waals surface area (Å²) in [5, 5.41) is 16.9. The summed E-state index contributed by atoms with van der Waals surface area (Å²) in [5.41, 5.74) is 9.93. The summed E-state index contributed by atoms with van der Waals surface area (Å²) in [4.78, 5) is 7.42. The third-order valence-electron chi connectivity index (χ3n) is 6.36. The molecule has 1 aliphatic carbocycles. The lowest BCUT2D eigenvalue weighted by Crippen LogP contribution is -2.41. The van der Waals surface area contributed by atoms with E-state index in [0.717, 1.165) is 30.9 Å². The molecule has 1 aliphatic heterocycles. The Labute approximate surface area is 179 Å². The zero-order chi connectivity index (χ0) is 20.8. The van der Waals surface area contributed by atoms with E-state index in [-0.39, 0.29) is 0 Å². The summed E-state index contributed by atoms with van der Waals surface area (Å²) < 4.78 is 0. The number of hydrogen-bond donors (Lipinski definition) is 3. The van der Waals surface area contributed by atoms with Crippen molar-refractivity contribution >= 4 is 11.6 Å². The van der Waals surface area contributed by atoms with Gasteiger partial charge in [0.25, 0.3) is 0 Å². The first kappa shape index (κ1) is 20.6. The standard InChI is InChI=1S/C24H32N6/c25-12-13-27-23-20-11-14-30(19-9-5-2-6-10-19)17-22(20)21(15-26)24(29-23)28-16-18-7-3-1-4-8-18/h1,3-4,7-8,19H,2,5-6,9-14,16-17,25H2,(H2,27,28,29). The number of hydrogen-bond acceptors (Lipinski definition) is 6. The Morgan fingerprint density at radius 2 is 1.87 bits per heavy atom. The van der Waals surface area contributed by atoms with Crippen molar-refractivity contribution in [3.05, 3.63) is 52.6 Å². The van der Waals surface area contributed by atoms with E-state index in [1.165, 1.54) is 43.2 Å². The molecule has 6 nitrogen and oxygen atoms in total. The van der Waals surface area contributed by atoms with Crippen LogP contribution in [0.2, 0.25) is 0 Å². The van der Waals surface area contributed by atoms with Crippen LogP contribution in [0.25, 0.3) is 0 Å². The lowest BCUT2D eigenvalue weighted by Gasteiger charge is -2.38. The molecule has 1 fully saturated rings. The number of rotatable bonds is 7. The number of aromatic nitrogens is 1. The second-order valence-electron chi connectivity index (χ2n) is 8.32. The summed E-state index contributed by atoms with van der Waals surface area (Å²) in [5.74, 6) is 1.55. The van der Waals surface area contributed by atoms with Gasteiger partial charge in [-0.2, -0.15) is 5.26 Å². The zero-order valence-electron chi connectivity index (χ0n) is 17.7. The Bertz CT molecular complexity index is 883. The second kappa shape index (κ2) is 9.92. The quantitative estimate of drug-likeness (QED) is 0.653. The van der Waals surface area contributed by atoms with Crippen LogP contribution in [0.3, 0.4) is 0 Å². The molecule has 158 valence electrons. The van der Waals surface area contributed by atoms with Crippen LogP contribution in [-0.2, 0) is 19.5 Å². The molecular formula is C24H32N6. The van der Waals surface area contributed by atoms with Crippen LogP contribution in [-0.4, -0.2) is 35.6 Å². The summed E-state index contributed by atoms with van der Waals surface area (Å²) in [6.07, 6.45) is 7.49. The number of nitrogens with two attached hydrogens (primary N) is 1. The Morgan fingerprint density at radius 3 is 2.60 bits per heavy atom. The van der Waals surface area contributed by atoms with Crippen molar-refractivity contribution < 1.29 is 0 Å². The molecule has 0 bridgehead atoms. The fourth-order valence-electron chi connectivity index (χ4n) is 4.78. The van der Waals surface area contributed by atoms with Crippen LogP contribution in [0, 0.1) is 11.3 Å². The first-order chi connectivity index (χ1) is 14.8. The van der Waals surface area contributed by atoms with Gasteiger partial charge in [0.05, 0.1) is 5.56 Å². The maximum atomic E-state index is 10.0. The predicted octanol–water partition coefficient (Wildman–Crippen LogP) is 3.63. The van der Waals surface area contributed by atoms with Gasteiger partial charge in [0.1, 0.15) is 17.7 Å². The van der Waals surface area contributed by atoms with Gasteiger partial charge in [-0.25, -0.2) is 4.98 Å². The average Bonchev–Trinajstić information content (AvgIpc) is 2.82. The minimum atomic E-state index is 0.553. The van der Waals surface area contributed by atoms with Gasteiger partial charge in [0.2, 0.25) is 0 Å². The van der Waals surface area contributed by atoms with Crippen molar-refractivity contribution in [2.75, 3.05) is 30.3 Å². The van der Waals surface area contributed by atoms with Crippen LogP contribution in [0.15, 0.2) is 30.3 Å². The van der Waals surface area contributed by atoms with E-state index in [4.69, 9.17) is 10.7 Å². The SMILES string of the molecule is N#Cc1c(NCc2ccccc2)nc(NCCN)c2c1CN(C1CCCCC1)CC2. The van der Waals surface area contributed by atoms with Crippen molar-refractivity contribution in [2.45, 2.75) is 57.7 Å². The van der Waals surface area contributed by atoms with Gasteiger partial charge in [-0.05, 0) is 30.4 Å². The first-order valence-corrected chi connectivity index (χ1v) is 11.2. The van der Waals surface area contributed by atoms with Crippen molar-refractivity contribution in [3.63, 3.8) is 0 Å². The number of benzene rings is 1. The van der Waals surface area contributed by atoms with Crippen LogP contribution in [0.1, 0.15) is 54.4 Å². The van der Waals surface area contributed by atoms with Gasteiger partial charge in [0.15, 0.2) is 0 Å². The maximum Gasteiger partial charge on any atom is 0.147 e. The zero-order valence-corrected chi connectivity index (χ0v) is 17.7. The highest BCUT2D eigenvalue weighted by Gasteiger charge is 2.29. The third kappa shape index (κ3) is 4.58. The highest BCUT2D eigenvalue weighted by Crippen LogP contribution is 2.34. The minimum Gasteiger partial charge on any atom is -0.368 e. The maximum absolute atomic E-state index is 10.0. The molecule has 30 heavy (non-hydrogen) atoms.